The average molecular weight is 258 g/mol. The van der Waals surface area contributed by atoms with Crippen LogP contribution in [0, 0.1) is 0 Å². The topological polar surface area (TPSA) is 12.0 Å². The second-order valence-corrected chi connectivity index (χ2v) is 3.43. The highest BCUT2D eigenvalue weighted by Gasteiger charge is 1.97. The maximum absolute atomic E-state index is 8.32. The van der Waals surface area contributed by atoms with Crippen molar-refractivity contribution in [3.8, 4) is 11.1 Å². The molecule has 0 aliphatic heterocycles. The van der Waals surface area contributed by atoms with Crippen molar-refractivity contribution in [3.05, 3.63) is 84.6 Å². The molecule has 0 saturated carbocycles. The van der Waals surface area contributed by atoms with Crippen LogP contribution in [0.4, 0.5) is 11.4 Å². The first-order chi connectivity index (χ1) is 14.8. The molecule has 1 N–H and O–H groups in total. The molecule has 0 fully saturated rings. The number of rotatable bonds is 3. The fourth-order valence-corrected chi connectivity index (χ4v) is 1.35. The van der Waals surface area contributed by atoms with E-state index >= 15 is 0 Å². The summed E-state index contributed by atoms with van der Waals surface area (Å²) in [5.74, 6) is 0. The molecule has 1 nitrogen and oxygen atoms in total. The third-order valence-corrected chi connectivity index (χ3v) is 2.16. The maximum atomic E-state index is 8.32. The summed E-state index contributed by atoms with van der Waals surface area (Å²) in [6, 6.07) is -6.79. The number of benzene rings is 3. The molecule has 3 rings (SSSR count). The highest BCUT2D eigenvalue weighted by Crippen LogP contribution is 2.22. The molecule has 19 heavy (non-hydrogen) atoms. The molecule has 0 radical (unpaired) electrons. The number of hydrogen-bond acceptors (Lipinski definition) is 1. The van der Waals surface area contributed by atoms with Gasteiger partial charge in [-0.2, -0.15) is 0 Å². The first-order valence-corrected chi connectivity index (χ1v) is 5.33. The van der Waals surface area contributed by atoms with E-state index in [4.69, 9.17) is 17.8 Å². The molecule has 92 valence electrons. The van der Waals surface area contributed by atoms with Crippen molar-refractivity contribution >= 4 is 11.4 Å². The van der Waals surface area contributed by atoms with Gasteiger partial charge >= 0.3 is 0 Å². The Balaban J connectivity index is 2.31. The Labute approximate surface area is 131 Å². The zero-order chi connectivity index (χ0) is 24.2. The molecule has 0 aliphatic carbocycles. The molecule has 0 amide bonds. The monoisotopic (exact) mass is 258 g/mol. The second kappa shape index (κ2) is 5.40. The fraction of sp³-hybridized carbons (Fsp3) is 0. The molecule has 0 unspecified atom stereocenters. The lowest BCUT2D eigenvalue weighted by molar-refractivity contribution is 1.54. The second-order valence-electron chi connectivity index (χ2n) is 3.43. The molecular formula is C18H15N. The van der Waals surface area contributed by atoms with Gasteiger partial charge < -0.3 is 5.32 Å². The minimum Gasteiger partial charge on any atom is -0.356 e. The summed E-state index contributed by atoms with van der Waals surface area (Å²) in [5.41, 5.74) is -1.74. The van der Waals surface area contributed by atoms with Crippen molar-refractivity contribution in [2.24, 2.45) is 0 Å². The standard InChI is InChI=1S/C18H15N/c1-3-7-15(8-4-1)16-11-13-18(14-12-16)19-17-9-5-2-6-10-17/h1-14,19H/i2D,3D,4D,5D,6D,7D,8D,9D,10D,11D,12D,13D,14D. The van der Waals surface area contributed by atoms with Gasteiger partial charge in [0.2, 0.25) is 0 Å². The molecule has 0 aromatic heterocycles. The average Bonchev–Trinajstić information content (AvgIpc) is 2.75. The van der Waals surface area contributed by atoms with E-state index in [1.165, 1.54) is 0 Å². The fourth-order valence-electron chi connectivity index (χ4n) is 1.35. The van der Waals surface area contributed by atoms with E-state index in [9.17, 15) is 0 Å². The van der Waals surface area contributed by atoms with Crippen LogP contribution in [-0.4, -0.2) is 0 Å². The SMILES string of the molecule is [2H]c1cc([2H])c([2H])c(-c2c([2H])c([2H])c(Nc3c([2H])c([2H])c([2H])c([2H])c3[2H])c([2H])c2[2H])c1[2H]. The van der Waals surface area contributed by atoms with Crippen molar-refractivity contribution in [2.45, 2.75) is 0 Å². The highest BCUT2D eigenvalue weighted by atomic mass is 14.9. The van der Waals surface area contributed by atoms with Crippen molar-refractivity contribution in [1.82, 2.24) is 0 Å². The van der Waals surface area contributed by atoms with Crippen molar-refractivity contribution in [1.29, 1.82) is 0 Å². The Kier molecular flexibility index (Phi) is 1.13. The van der Waals surface area contributed by atoms with Crippen molar-refractivity contribution < 1.29 is 17.8 Å². The maximum Gasteiger partial charge on any atom is 0.0645 e. The van der Waals surface area contributed by atoms with Crippen LogP contribution >= 0.6 is 0 Å². The molecule has 0 aliphatic rings. The largest absolute Gasteiger partial charge is 0.356 e. The van der Waals surface area contributed by atoms with E-state index in [0.29, 0.717) is 0 Å². The Morgan fingerprint density at radius 3 is 1.84 bits per heavy atom. The number of anilines is 2. The van der Waals surface area contributed by atoms with Crippen LogP contribution in [0.25, 0.3) is 11.1 Å². The van der Waals surface area contributed by atoms with Gasteiger partial charge in [0.15, 0.2) is 0 Å². The summed E-state index contributed by atoms with van der Waals surface area (Å²) in [7, 11) is 0. The molecule has 0 heterocycles. The lowest BCUT2D eigenvalue weighted by atomic mass is 10.1. The summed E-state index contributed by atoms with van der Waals surface area (Å²) in [6.45, 7) is 0. The molecule has 0 atom stereocenters. The van der Waals surface area contributed by atoms with Crippen LogP contribution in [0.2, 0.25) is 0 Å². The normalized spacial score (nSPS) is 19.7. The lowest BCUT2D eigenvalue weighted by Crippen LogP contribution is -1.89. The van der Waals surface area contributed by atoms with Gasteiger partial charge in [0.05, 0.1) is 17.8 Å². The van der Waals surface area contributed by atoms with Gasteiger partial charge in [0.25, 0.3) is 0 Å². The van der Waals surface area contributed by atoms with E-state index < -0.39 is 101 Å². The first kappa shape index (κ1) is 3.97. The van der Waals surface area contributed by atoms with Gasteiger partial charge in [0.1, 0.15) is 0 Å². The molecule has 0 bridgehead atoms. The van der Waals surface area contributed by atoms with E-state index in [1.807, 2.05) is 0 Å². The van der Waals surface area contributed by atoms with E-state index in [1.54, 1.807) is 0 Å². The predicted molar refractivity (Wildman–Crippen MR) is 81.6 cm³/mol. The molecule has 3 aromatic carbocycles. The van der Waals surface area contributed by atoms with Crippen molar-refractivity contribution in [3.63, 3.8) is 0 Å². The summed E-state index contributed by atoms with van der Waals surface area (Å²) in [4.78, 5) is 0. The molecular weight excluding hydrogens is 230 g/mol. The van der Waals surface area contributed by atoms with Gasteiger partial charge in [0, 0.05) is 11.4 Å². The van der Waals surface area contributed by atoms with Gasteiger partial charge in [-0.05, 0) is 35.3 Å². The lowest BCUT2D eigenvalue weighted by Gasteiger charge is -2.07. The van der Waals surface area contributed by atoms with Crippen LogP contribution in [0.3, 0.4) is 0 Å². The minimum atomic E-state index is -0.673. The smallest absolute Gasteiger partial charge is 0.0645 e. The third-order valence-electron chi connectivity index (χ3n) is 2.16. The number of para-hydroxylation sites is 1. The number of nitrogens with one attached hydrogen (secondary N) is 1. The van der Waals surface area contributed by atoms with Crippen molar-refractivity contribution in [2.75, 3.05) is 5.32 Å². The minimum absolute atomic E-state index is 0.395. The Morgan fingerprint density at radius 2 is 1.16 bits per heavy atom. The number of hydrogen-bond donors (Lipinski definition) is 1. The van der Waals surface area contributed by atoms with E-state index in [2.05, 4.69) is 5.32 Å². The quantitative estimate of drug-likeness (QED) is 0.689. The zero-order valence-corrected chi connectivity index (χ0v) is 9.58. The first-order valence-electron chi connectivity index (χ1n) is 11.8. The Bertz CT molecular complexity index is 1200. The molecule has 0 spiro atoms. The molecule has 0 saturated heterocycles. The third kappa shape index (κ3) is 2.83. The Morgan fingerprint density at radius 1 is 0.579 bits per heavy atom. The molecule has 3 aromatic rings. The predicted octanol–water partition coefficient (Wildman–Crippen LogP) is 5.10. The van der Waals surface area contributed by atoms with Crippen LogP contribution in [-0.2, 0) is 0 Å². The van der Waals surface area contributed by atoms with Gasteiger partial charge in [-0.25, -0.2) is 0 Å². The summed E-state index contributed by atoms with van der Waals surface area (Å²) >= 11 is 0. The molecule has 1 heteroatoms. The van der Waals surface area contributed by atoms with Crippen LogP contribution in [0.1, 0.15) is 17.8 Å². The van der Waals surface area contributed by atoms with E-state index in [-0.39, 0.29) is 0 Å². The van der Waals surface area contributed by atoms with Gasteiger partial charge in [-0.15, -0.1) is 0 Å². The van der Waals surface area contributed by atoms with Gasteiger partial charge in [-0.1, -0.05) is 60.4 Å². The highest BCUT2D eigenvalue weighted by molar-refractivity contribution is 5.68. The van der Waals surface area contributed by atoms with Crippen LogP contribution < -0.4 is 5.32 Å². The van der Waals surface area contributed by atoms with Crippen LogP contribution in [0.15, 0.2) is 84.6 Å². The Hall–Kier alpha value is -2.54. The zero-order valence-electron chi connectivity index (χ0n) is 22.6. The van der Waals surface area contributed by atoms with E-state index in [0.717, 1.165) is 6.07 Å². The summed E-state index contributed by atoms with van der Waals surface area (Å²) in [6.07, 6.45) is 0. The summed E-state index contributed by atoms with van der Waals surface area (Å²) < 4.78 is 104. The van der Waals surface area contributed by atoms with Crippen LogP contribution in [0.5, 0.6) is 0 Å². The summed E-state index contributed by atoms with van der Waals surface area (Å²) in [5, 5.41) is 2.42. The van der Waals surface area contributed by atoms with Gasteiger partial charge in [-0.3, -0.25) is 0 Å².